The lowest BCUT2D eigenvalue weighted by Gasteiger charge is -2.50. The number of Topliss-reactive ketones (excluding diaryl/α,β-unsaturated/α-hetero) is 1. The molecule has 0 aromatic heterocycles. The van der Waals surface area contributed by atoms with Crippen LogP contribution in [0.5, 0.6) is 5.75 Å². The van der Waals surface area contributed by atoms with Crippen molar-refractivity contribution in [1.29, 1.82) is 0 Å². The fourth-order valence-corrected chi connectivity index (χ4v) is 9.14. The highest BCUT2D eigenvalue weighted by molar-refractivity contribution is 6.32. The number of benzene rings is 4. The maximum absolute atomic E-state index is 15.3. The molecular weight excluding hydrogens is 659 g/mol. The van der Waals surface area contributed by atoms with Gasteiger partial charge in [0.1, 0.15) is 0 Å². The van der Waals surface area contributed by atoms with Crippen LogP contribution in [0.2, 0.25) is 5.02 Å². The van der Waals surface area contributed by atoms with Gasteiger partial charge in [-0.25, -0.2) is 9.29 Å². The zero-order valence-corrected chi connectivity index (χ0v) is 27.5. The minimum Gasteiger partial charge on any atom is -0.505 e. The molecule has 2 aliphatic heterocycles. The monoisotopic (exact) mass is 688 g/mol. The molecule has 0 bridgehead atoms. The summed E-state index contributed by atoms with van der Waals surface area (Å²) in [6.07, 6.45) is 2.05. The van der Waals surface area contributed by atoms with Gasteiger partial charge in [0.2, 0.25) is 23.6 Å². The lowest BCUT2D eigenvalue weighted by atomic mass is 9.49. The van der Waals surface area contributed by atoms with Crippen molar-refractivity contribution < 1.29 is 33.5 Å². The van der Waals surface area contributed by atoms with Gasteiger partial charge in [0.15, 0.2) is 17.3 Å². The van der Waals surface area contributed by atoms with Crippen LogP contribution in [0.3, 0.4) is 0 Å². The van der Waals surface area contributed by atoms with Gasteiger partial charge >= 0.3 is 0 Å². The maximum Gasteiger partial charge on any atom is 0.246 e. The van der Waals surface area contributed by atoms with Crippen LogP contribution in [-0.2, 0) is 24.6 Å². The summed E-state index contributed by atoms with van der Waals surface area (Å²) in [5.74, 6) is -8.09. The normalized spacial score (nSPS) is 27.2. The van der Waals surface area contributed by atoms with Gasteiger partial charge in [0, 0.05) is 22.1 Å². The number of amides is 4. The largest absolute Gasteiger partial charge is 0.505 e. The molecule has 4 aliphatic rings. The first-order valence-electron chi connectivity index (χ1n) is 16.4. The summed E-state index contributed by atoms with van der Waals surface area (Å²) in [5.41, 5.74) is 0.589. The van der Waals surface area contributed by atoms with Crippen molar-refractivity contribution in [3.8, 4) is 5.75 Å². The van der Waals surface area contributed by atoms with Crippen LogP contribution in [-0.4, -0.2) is 34.5 Å². The molecule has 0 unspecified atom stereocenters. The average Bonchev–Trinajstić information content (AvgIpc) is 3.50. The molecule has 2 heterocycles. The molecule has 10 heteroatoms. The second-order valence-corrected chi connectivity index (χ2v) is 13.8. The molecule has 2 saturated heterocycles. The highest BCUT2D eigenvalue weighted by atomic mass is 35.5. The second-order valence-electron chi connectivity index (χ2n) is 13.4. The minimum atomic E-state index is -1.64. The molecule has 1 saturated carbocycles. The molecule has 0 radical (unpaired) electrons. The average molecular weight is 689 g/mol. The number of carbonyl (C=O) groups is 5. The van der Waals surface area contributed by atoms with Crippen molar-refractivity contribution in [2.24, 2.45) is 23.7 Å². The number of hydrogen-bond acceptors (Lipinski definition) is 6. The Hall–Kier alpha value is -5.41. The molecule has 250 valence electrons. The van der Waals surface area contributed by atoms with E-state index in [4.69, 9.17) is 11.6 Å². The topological polar surface area (TPSA) is 112 Å². The molecule has 2 aliphatic carbocycles. The molecular formula is C40H30ClFN2O6. The van der Waals surface area contributed by atoms with Crippen molar-refractivity contribution in [1.82, 2.24) is 0 Å². The SMILES string of the molecule is CC(=O)c1ccc(N2C(=O)[C@H]3[C@H](CC=C4[C@H]3C[C@H]3C(=O)N(c5cccc(Cl)c5)C(=O)[C@@]3(c3ccccc3)[C@H]4c3cccc(F)c3O)C2=O)cc1. The number of carbonyl (C=O) groups excluding carboxylic acids is 5. The number of hydrogen-bond donors (Lipinski definition) is 1. The predicted octanol–water partition coefficient (Wildman–Crippen LogP) is 6.75. The van der Waals surface area contributed by atoms with Gasteiger partial charge in [-0.2, -0.15) is 0 Å². The van der Waals surface area contributed by atoms with Crippen LogP contribution >= 0.6 is 11.6 Å². The number of nitrogens with zero attached hydrogens (tertiary/aromatic N) is 2. The number of para-hydroxylation sites is 1. The summed E-state index contributed by atoms with van der Waals surface area (Å²) in [6.45, 7) is 1.43. The third kappa shape index (κ3) is 4.39. The summed E-state index contributed by atoms with van der Waals surface area (Å²) in [5, 5.41) is 11.7. The minimum absolute atomic E-state index is 0.0479. The standard InChI is InChI=1S/C40H30ClFN2O6/c1-21(45)22-13-15-25(16-14-22)43-36(47)28-18-17-27-30(33(28)38(43)49)20-31-37(48)44(26-10-5-9-24(41)19-26)39(50)40(31,23-7-3-2-4-8-23)34(27)29-11-6-12-32(42)35(29)46/h2-17,19,28,30-31,33-34,46H,18,20H2,1H3/t28-,30+,31-,33-,34+,40+/m0/s1. The first-order valence-corrected chi connectivity index (χ1v) is 16.8. The van der Waals surface area contributed by atoms with E-state index in [-0.39, 0.29) is 29.9 Å². The van der Waals surface area contributed by atoms with Crippen LogP contribution in [0, 0.1) is 29.5 Å². The van der Waals surface area contributed by atoms with Gasteiger partial charge in [-0.3, -0.25) is 28.9 Å². The Morgan fingerprint density at radius 1 is 0.820 bits per heavy atom. The quantitative estimate of drug-likeness (QED) is 0.141. The van der Waals surface area contributed by atoms with E-state index in [1.54, 1.807) is 78.9 Å². The number of anilines is 2. The molecule has 50 heavy (non-hydrogen) atoms. The van der Waals surface area contributed by atoms with E-state index >= 15 is 9.18 Å². The Balaban J connectivity index is 1.34. The van der Waals surface area contributed by atoms with Crippen LogP contribution < -0.4 is 9.80 Å². The van der Waals surface area contributed by atoms with E-state index in [9.17, 15) is 24.3 Å². The molecule has 8 rings (SSSR count). The van der Waals surface area contributed by atoms with E-state index in [1.165, 1.54) is 19.1 Å². The number of aromatic hydroxyl groups is 1. The van der Waals surface area contributed by atoms with Crippen LogP contribution in [0.25, 0.3) is 0 Å². The molecule has 0 spiro atoms. The Kier molecular flexibility index (Phi) is 7.38. The Bertz CT molecular complexity index is 2170. The van der Waals surface area contributed by atoms with E-state index in [2.05, 4.69) is 0 Å². The van der Waals surface area contributed by atoms with E-state index in [0.29, 0.717) is 27.4 Å². The molecule has 8 nitrogen and oxygen atoms in total. The van der Waals surface area contributed by atoms with E-state index < -0.39 is 70.2 Å². The first kappa shape index (κ1) is 31.8. The Labute approximate surface area is 291 Å². The van der Waals surface area contributed by atoms with Crippen LogP contribution in [0.4, 0.5) is 15.8 Å². The lowest BCUT2D eigenvalue weighted by Crippen LogP contribution is -2.53. The fourth-order valence-electron chi connectivity index (χ4n) is 8.95. The molecule has 4 aromatic rings. The van der Waals surface area contributed by atoms with Crippen molar-refractivity contribution in [2.45, 2.75) is 31.1 Å². The third-order valence-corrected chi connectivity index (χ3v) is 11.3. The number of imide groups is 2. The number of fused-ring (bicyclic) bond motifs is 4. The molecule has 4 amide bonds. The van der Waals surface area contributed by atoms with Crippen LogP contribution in [0.15, 0.2) is 109 Å². The number of phenols is 1. The zero-order chi connectivity index (χ0) is 35.1. The smallest absolute Gasteiger partial charge is 0.246 e. The summed E-state index contributed by atoms with van der Waals surface area (Å²) in [6, 6.07) is 25.6. The van der Waals surface area contributed by atoms with Gasteiger partial charge in [-0.15, -0.1) is 0 Å². The maximum atomic E-state index is 15.3. The van der Waals surface area contributed by atoms with Gasteiger partial charge in [-0.05, 0) is 79.8 Å². The van der Waals surface area contributed by atoms with Crippen molar-refractivity contribution >= 4 is 52.4 Å². The number of rotatable bonds is 5. The van der Waals surface area contributed by atoms with E-state index in [0.717, 1.165) is 15.9 Å². The highest BCUT2D eigenvalue weighted by Gasteiger charge is 2.70. The third-order valence-electron chi connectivity index (χ3n) is 11.0. The first-order chi connectivity index (χ1) is 24.0. The molecule has 6 atom stereocenters. The van der Waals surface area contributed by atoms with Crippen molar-refractivity contribution in [3.05, 3.63) is 136 Å². The van der Waals surface area contributed by atoms with E-state index in [1.807, 2.05) is 6.08 Å². The Morgan fingerprint density at radius 2 is 1.54 bits per heavy atom. The summed E-state index contributed by atoms with van der Waals surface area (Å²) >= 11 is 6.34. The summed E-state index contributed by atoms with van der Waals surface area (Å²) < 4.78 is 15.3. The zero-order valence-electron chi connectivity index (χ0n) is 26.8. The van der Waals surface area contributed by atoms with Gasteiger partial charge in [0.25, 0.3) is 0 Å². The molecule has 1 N–H and O–H groups in total. The summed E-state index contributed by atoms with van der Waals surface area (Å²) in [7, 11) is 0. The van der Waals surface area contributed by atoms with Gasteiger partial charge < -0.3 is 5.11 Å². The Morgan fingerprint density at radius 3 is 2.24 bits per heavy atom. The molecule has 3 fully saturated rings. The van der Waals surface area contributed by atoms with Crippen molar-refractivity contribution in [3.63, 3.8) is 0 Å². The van der Waals surface area contributed by atoms with Crippen LogP contribution in [0.1, 0.15) is 47.2 Å². The number of allylic oxidation sites excluding steroid dienone is 2. The number of phenolic OH excluding ortho intramolecular Hbond substituents is 1. The predicted molar refractivity (Wildman–Crippen MR) is 183 cm³/mol. The highest BCUT2D eigenvalue weighted by Crippen LogP contribution is 2.65. The summed E-state index contributed by atoms with van der Waals surface area (Å²) in [4.78, 5) is 72.5. The lowest BCUT2D eigenvalue weighted by molar-refractivity contribution is -0.127. The number of halogens is 2. The van der Waals surface area contributed by atoms with Gasteiger partial charge in [-0.1, -0.05) is 71.8 Å². The number of ketones is 1. The molecule has 4 aromatic carbocycles. The van der Waals surface area contributed by atoms with Crippen molar-refractivity contribution in [2.75, 3.05) is 9.80 Å². The van der Waals surface area contributed by atoms with Gasteiger partial charge in [0.05, 0.1) is 34.5 Å². The second kappa shape index (κ2) is 11.6. The fraction of sp³-hybridized carbons (Fsp3) is 0.225.